The summed E-state index contributed by atoms with van der Waals surface area (Å²) in [5, 5.41) is 2.73. The molecule has 0 unspecified atom stereocenters. The van der Waals surface area contributed by atoms with Gasteiger partial charge in [0.15, 0.2) is 11.5 Å². The van der Waals surface area contributed by atoms with Crippen molar-refractivity contribution >= 4 is 17.8 Å². The van der Waals surface area contributed by atoms with Crippen LogP contribution in [0.15, 0.2) is 30.6 Å². The first-order valence-electron chi connectivity index (χ1n) is 10.3. The molecule has 8 nitrogen and oxygen atoms in total. The van der Waals surface area contributed by atoms with Gasteiger partial charge in [-0.1, -0.05) is 0 Å². The van der Waals surface area contributed by atoms with E-state index in [-0.39, 0.29) is 36.7 Å². The molecule has 0 spiro atoms. The van der Waals surface area contributed by atoms with Crippen LogP contribution in [0, 0.1) is 11.6 Å². The van der Waals surface area contributed by atoms with E-state index < -0.39 is 34.7 Å². The van der Waals surface area contributed by atoms with Crippen molar-refractivity contribution < 1.29 is 23.1 Å². The van der Waals surface area contributed by atoms with Gasteiger partial charge in [0.05, 0.1) is 0 Å². The lowest BCUT2D eigenvalue weighted by Gasteiger charge is -2.42. The summed E-state index contributed by atoms with van der Waals surface area (Å²) in [7, 11) is 0. The van der Waals surface area contributed by atoms with Crippen LogP contribution < -0.4 is 11.1 Å². The summed E-state index contributed by atoms with van der Waals surface area (Å²) in [4.78, 5) is 34.4. The van der Waals surface area contributed by atoms with E-state index in [0.717, 1.165) is 18.2 Å². The number of hydrogen-bond acceptors (Lipinski definition) is 6. The number of carbonyl (C=O) groups excluding carboxylic acids is 2. The Labute approximate surface area is 185 Å². The average Bonchev–Trinajstić information content (AvgIpc) is 2.73. The van der Waals surface area contributed by atoms with Gasteiger partial charge in [-0.15, -0.1) is 0 Å². The van der Waals surface area contributed by atoms with Crippen LogP contribution in [0.5, 0.6) is 0 Å². The van der Waals surface area contributed by atoms with Crippen molar-refractivity contribution in [3.63, 3.8) is 0 Å². The van der Waals surface area contributed by atoms with Crippen LogP contribution in [0.4, 0.5) is 19.4 Å². The highest BCUT2D eigenvalue weighted by Gasteiger charge is 2.41. The summed E-state index contributed by atoms with van der Waals surface area (Å²) in [5.74, 6) is -1.76. The second kappa shape index (κ2) is 9.05. The zero-order valence-electron chi connectivity index (χ0n) is 18.3. The number of hydrogen-bond donors (Lipinski definition) is 2. The summed E-state index contributed by atoms with van der Waals surface area (Å²) < 4.78 is 34.2. The molecule has 1 saturated heterocycles. The smallest absolute Gasteiger partial charge is 0.410 e. The Morgan fingerprint density at radius 1 is 1.19 bits per heavy atom. The molecule has 2 aromatic rings. The Hall–Kier alpha value is -3.30. The van der Waals surface area contributed by atoms with E-state index in [1.165, 1.54) is 17.3 Å². The van der Waals surface area contributed by atoms with Crippen LogP contribution in [0.25, 0.3) is 0 Å². The Balaban J connectivity index is 1.83. The molecule has 1 aromatic carbocycles. The highest BCUT2D eigenvalue weighted by Crippen LogP contribution is 2.37. The molecule has 10 heteroatoms. The molecule has 0 aliphatic carbocycles. The number of anilines is 1. The van der Waals surface area contributed by atoms with Gasteiger partial charge in [-0.05, 0) is 57.4 Å². The predicted molar refractivity (Wildman–Crippen MR) is 114 cm³/mol. The van der Waals surface area contributed by atoms with Crippen molar-refractivity contribution in [3.8, 4) is 0 Å². The van der Waals surface area contributed by atoms with Crippen molar-refractivity contribution in [1.29, 1.82) is 0 Å². The van der Waals surface area contributed by atoms with Gasteiger partial charge in [-0.2, -0.15) is 0 Å². The largest absolute Gasteiger partial charge is 0.444 e. The zero-order chi connectivity index (χ0) is 23.5. The first kappa shape index (κ1) is 23.4. The molecule has 2 heterocycles. The van der Waals surface area contributed by atoms with Crippen molar-refractivity contribution in [2.75, 3.05) is 25.4 Å². The number of nitrogen functional groups attached to an aromatic ring is 1. The van der Waals surface area contributed by atoms with E-state index in [0.29, 0.717) is 12.8 Å². The standard InChI is InChI=1S/C22H27F2N5O3/c1-21(2,3)32-20(31)29-10-6-22(7-11-29,15-12-14(23)4-5-16(15)24)13-28-19(30)17-18(25)27-9-8-26-17/h4-5,8-9,12H,6-7,10-11,13H2,1-3H3,(H2,25,27)(H,28,30). The fourth-order valence-corrected chi connectivity index (χ4v) is 3.75. The normalized spacial score (nSPS) is 15.8. The molecule has 0 bridgehead atoms. The number of ether oxygens (including phenoxy) is 1. The molecule has 0 atom stereocenters. The van der Waals surface area contributed by atoms with E-state index in [2.05, 4.69) is 15.3 Å². The molecule has 3 N–H and O–H groups in total. The van der Waals surface area contributed by atoms with Gasteiger partial charge in [0.25, 0.3) is 5.91 Å². The molecule has 1 fully saturated rings. The van der Waals surface area contributed by atoms with Crippen molar-refractivity contribution in [2.45, 2.75) is 44.6 Å². The zero-order valence-corrected chi connectivity index (χ0v) is 18.3. The number of likely N-dealkylation sites (tertiary alicyclic amines) is 1. The van der Waals surface area contributed by atoms with E-state index >= 15 is 0 Å². The molecule has 172 valence electrons. The molecular formula is C22H27F2N5O3. The van der Waals surface area contributed by atoms with Gasteiger partial charge in [0.1, 0.15) is 17.2 Å². The fraction of sp³-hybridized carbons (Fsp3) is 0.455. The molecular weight excluding hydrogens is 420 g/mol. The third kappa shape index (κ3) is 5.30. The monoisotopic (exact) mass is 447 g/mol. The first-order valence-corrected chi connectivity index (χ1v) is 10.3. The summed E-state index contributed by atoms with van der Waals surface area (Å²) in [6.45, 7) is 5.84. The Bertz CT molecular complexity index is 1000. The lowest BCUT2D eigenvalue weighted by Crippen LogP contribution is -2.51. The maximum absolute atomic E-state index is 14.8. The maximum atomic E-state index is 14.8. The number of carbonyl (C=O) groups is 2. The highest BCUT2D eigenvalue weighted by molar-refractivity contribution is 5.96. The van der Waals surface area contributed by atoms with Gasteiger partial charge in [0.2, 0.25) is 0 Å². The fourth-order valence-electron chi connectivity index (χ4n) is 3.75. The van der Waals surface area contributed by atoms with Crippen LogP contribution in [-0.4, -0.2) is 52.1 Å². The molecule has 0 saturated carbocycles. The molecule has 1 aliphatic rings. The van der Waals surface area contributed by atoms with Crippen LogP contribution in [-0.2, 0) is 10.2 Å². The SMILES string of the molecule is CC(C)(C)OC(=O)N1CCC(CNC(=O)c2nccnc2N)(c2cc(F)ccc2F)CC1. The molecule has 0 radical (unpaired) electrons. The van der Waals surface area contributed by atoms with Crippen molar-refractivity contribution in [3.05, 3.63) is 53.5 Å². The van der Waals surface area contributed by atoms with Crippen LogP contribution in [0.1, 0.15) is 49.7 Å². The number of benzene rings is 1. The second-order valence-electron chi connectivity index (χ2n) is 8.84. The first-order chi connectivity index (χ1) is 15.0. The second-order valence-corrected chi connectivity index (χ2v) is 8.84. The summed E-state index contributed by atoms with van der Waals surface area (Å²) in [6, 6.07) is 3.25. The molecule has 1 aromatic heterocycles. The van der Waals surface area contributed by atoms with Gasteiger partial charge in [0, 0.05) is 37.4 Å². The Morgan fingerprint density at radius 3 is 2.47 bits per heavy atom. The summed E-state index contributed by atoms with van der Waals surface area (Å²) >= 11 is 0. The van der Waals surface area contributed by atoms with Gasteiger partial charge in [-0.3, -0.25) is 4.79 Å². The number of nitrogens with zero attached hydrogens (tertiary/aromatic N) is 3. The topological polar surface area (TPSA) is 110 Å². The van der Waals surface area contributed by atoms with Gasteiger partial charge in [-0.25, -0.2) is 23.5 Å². The minimum Gasteiger partial charge on any atom is -0.444 e. The number of nitrogens with one attached hydrogen (secondary N) is 1. The molecule has 1 aliphatic heterocycles. The number of piperidine rings is 1. The predicted octanol–water partition coefficient (Wildman–Crippen LogP) is 3.04. The number of rotatable bonds is 4. The van der Waals surface area contributed by atoms with Crippen LogP contribution in [0.3, 0.4) is 0 Å². The van der Waals surface area contributed by atoms with E-state index in [1.807, 2.05) is 0 Å². The number of aromatic nitrogens is 2. The number of nitrogens with two attached hydrogens (primary N) is 1. The van der Waals surface area contributed by atoms with E-state index in [9.17, 15) is 18.4 Å². The Kier molecular flexibility index (Phi) is 6.61. The third-order valence-electron chi connectivity index (χ3n) is 5.40. The number of amides is 2. The van der Waals surface area contributed by atoms with Crippen molar-refractivity contribution in [2.24, 2.45) is 0 Å². The maximum Gasteiger partial charge on any atom is 0.410 e. The average molecular weight is 447 g/mol. The molecule has 3 rings (SSSR count). The summed E-state index contributed by atoms with van der Waals surface area (Å²) in [5.41, 5.74) is 4.24. The van der Waals surface area contributed by atoms with E-state index in [4.69, 9.17) is 10.5 Å². The molecule has 2 amide bonds. The minimum atomic E-state index is -0.933. The minimum absolute atomic E-state index is 0.00434. The lowest BCUT2D eigenvalue weighted by atomic mass is 9.72. The molecule has 32 heavy (non-hydrogen) atoms. The van der Waals surface area contributed by atoms with Crippen LogP contribution >= 0.6 is 0 Å². The lowest BCUT2D eigenvalue weighted by molar-refractivity contribution is 0.0160. The van der Waals surface area contributed by atoms with E-state index in [1.54, 1.807) is 20.8 Å². The highest BCUT2D eigenvalue weighted by atomic mass is 19.1. The quantitative estimate of drug-likeness (QED) is 0.746. The van der Waals surface area contributed by atoms with Crippen molar-refractivity contribution in [1.82, 2.24) is 20.2 Å². The summed E-state index contributed by atoms with van der Waals surface area (Å²) in [6.07, 6.45) is 2.82. The number of halogens is 2. The van der Waals surface area contributed by atoms with Gasteiger partial charge < -0.3 is 20.7 Å². The Morgan fingerprint density at radius 2 is 1.84 bits per heavy atom. The van der Waals surface area contributed by atoms with Gasteiger partial charge >= 0.3 is 6.09 Å². The third-order valence-corrected chi connectivity index (χ3v) is 5.40. The van der Waals surface area contributed by atoms with Crippen LogP contribution in [0.2, 0.25) is 0 Å².